The maximum atomic E-state index is 7.06. The van der Waals surface area contributed by atoms with Crippen LogP contribution in [0.5, 0.6) is 0 Å². The second-order valence-corrected chi connectivity index (χ2v) is 16.9. The van der Waals surface area contributed by atoms with Gasteiger partial charge in [-0.15, -0.1) is 0 Å². The smallest absolute Gasteiger partial charge is 0.413 e. The van der Waals surface area contributed by atoms with Crippen LogP contribution in [-0.4, -0.2) is 32.7 Å². The monoisotopic (exact) mass is 422 g/mol. The Labute approximate surface area is 182 Å². The second-order valence-electron chi connectivity index (χ2n) is 12.1. The van der Waals surface area contributed by atoms with Crippen molar-refractivity contribution in [3.63, 3.8) is 0 Å². The summed E-state index contributed by atoms with van der Waals surface area (Å²) >= 11 is 0. The third-order valence-corrected chi connectivity index (χ3v) is 12.5. The molecule has 0 unspecified atom stereocenters. The molecule has 3 nitrogen and oxygen atoms in total. The highest BCUT2D eigenvalue weighted by Gasteiger charge is 2.52. The van der Waals surface area contributed by atoms with E-state index in [0.717, 1.165) is 0 Å². The predicted molar refractivity (Wildman–Crippen MR) is 128 cm³/mol. The third kappa shape index (κ3) is 5.78. The fourth-order valence-corrected chi connectivity index (χ4v) is 5.67. The third-order valence-electron chi connectivity index (χ3n) is 8.02. The number of hydrogen-bond donors (Lipinski definition) is 0. The van der Waals surface area contributed by atoms with Crippen LogP contribution in [0.25, 0.3) is 0 Å². The van der Waals surface area contributed by atoms with Gasteiger partial charge in [0.25, 0.3) is 0 Å². The fraction of sp³-hybridized carbons (Fsp3) is 0.917. The Hall–Kier alpha value is -0.0982. The lowest BCUT2D eigenvalue weighted by Crippen LogP contribution is -2.48. The Kier molecular flexibility index (Phi) is 7.64. The Morgan fingerprint density at radius 2 is 1.52 bits per heavy atom. The van der Waals surface area contributed by atoms with E-state index in [9.17, 15) is 0 Å². The van der Waals surface area contributed by atoms with Crippen molar-refractivity contribution in [2.75, 3.05) is 0 Å². The number of rotatable bonds is 6. The lowest BCUT2D eigenvalue weighted by Gasteiger charge is -2.44. The second kappa shape index (κ2) is 8.80. The van der Waals surface area contributed by atoms with Crippen LogP contribution in [0.3, 0.4) is 0 Å². The van der Waals surface area contributed by atoms with Crippen LogP contribution in [0.1, 0.15) is 94.4 Å². The van der Waals surface area contributed by atoms with Gasteiger partial charge in [-0.1, -0.05) is 53.0 Å². The van der Waals surface area contributed by atoms with Crippen LogP contribution in [-0.2, 0) is 13.7 Å². The van der Waals surface area contributed by atoms with Crippen LogP contribution in [0, 0.1) is 11.8 Å². The summed E-state index contributed by atoms with van der Waals surface area (Å²) in [4.78, 5) is 0. The molecular formula is C24H47BO3Si. The first-order valence-corrected chi connectivity index (χ1v) is 14.7. The average molecular weight is 423 g/mol. The molecule has 0 aromatic carbocycles. The van der Waals surface area contributed by atoms with Crippen molar-refractivity contribution >= 4 is 15.4 Å². The number of hydrogen-bond acceptors (Lipinski definition) is 3. The topological polar surface area (TPSA) is 27.7 Å². The average Bonchev–Trinajstić information content (AvgIpc) is 2.80. The van der Waals surface area contributed by atoms with E-state index >= 15 is 0 Å². The van der Waals surface area contributed by atoms with E-state index in [4.69, 9.17) is 13.7 Å². The van der Waals surface area contributed by atoms with Gasteiger partial charge in [0, 0.05) is 0 Å². The van der Waals surface area contributed by atoms with Crippen molar-refractivity contribution in [2.45, 2.75) is 130 Å². The molecule has 0 radical (unpaired) electrons. The first-order valence-electron chi connectivity index (χ1n) is 11.8. The largest absolute Gasteiger partial charge is 0.489 e. The molecule has 168 valence electrons. The minimum atomic E-state index is -1.84. The molecule has 29 heavy (non-hydrogen) atoms. The van der Waals surface area contributed by atoms with Gasteiger partial charge in [0.1, 0.15) is 0 Å². The molecule has 1 saturated heterocycles. The van der Waals surface area contributed by atoms with Gasteiger partial charge in [0.05, 0.1) is 17.3 Å². The molecule has 1 aliphatic carbocycles. The maximum absolute atomic E-state index is 7.06. The maximum Gasteiger partial charge on any atom is 0.489 e. The molecule has 5 heteroatoms. The van der Waals surface area contributed by atoms with Crippen LogP contribution in [0.4, 0.5) is 0 Å². The van der Waals surface area contributed by atoms with Crippen molar-refractivity contribution < 1.29 is 13.7 Å². The van der Waals surface area contributed by atoms with Gasteiger partial charge >= 0.3 is 7.12 Å². The molecule has 0 aromatic heterocycles. The first kappa shape index (κ1) is 25.2. The Morgan fingerprint density at radius 1 is 1.03 bits per heavy atom. The van der Waals surface area contributed by atoms with Crippen molar-refractivity contribution in [3.8, 4) is 0 Å². The molecule has 2 rings (SSSR count). The molecule has 0 spiro atoms. The SMILES string of the molecule is C/C(=C/[C@H](C)[C@H](O[Si](C)(C)C(C)(C)C)C1CCCCC1)B1OC(C)(C)C(C)(C)O1. The molecule has 0 amide bonds. The van der Waals surface area contributed by atoms with E-state index < -0.39 is 8.32 Å². The van der Waals surface area contributed by atoms with Crippen LogP contribution >= 0.6 is 0 Å². The molecular weight excluding hydrogens is 375 g/mol. The standard InChI is InChI=1S/C24H47BO3Si/c1-18(17-19(2)25-27-23(6,7)24(8,9)28-25)21(20-15-13-12-14-16-20)26-29(10,11)22(3,4)5/h17-18,20-21H,12-16H2,1-11H3/b19-17-/t18-,21-/m0/s1. The van der Waals surface area contributed by atoms with Crippen molar-refractivity contribution in [1.29, 1.82) is 0 Å². The highest BCUT2D eigenvalue weighted by molar-refractivity contribution is 6.74. The van der Waals surface area contributed by atoms with E-state index in [1.54, 1.807) is 0 Å². The summed E-state index contributed by atoms with van der Waals surface area (Å²) in [5.74, 6) is 1.02. The van der Waals surface area contributed by atoms with Crippen molar-refractivity contribution in [3.05, 3.63) is 11.5 Å². The van der Waals surface area contributed by atoms with E-state index in [1.165, 1.54) is 37.6 Å². The normalized spacial score (nSPS) is 25.9. The van der Waals surface area contributed by atoms with Gasteiger partial charge in [0.15, 0.2) is 8.32 Å². The zero-order chi connectivity index (χ0) is 22.3. The number of allylic oxidation sites excluding steroid dienone is 1. The molecule has 0 N–H and O–H groups in total. The molecule has 2 aliphatic rings. The van der Waals surface area contributed by atoms with Gasteiger partial charge in [-0.2, -0.15) is 0 Å². The zero-order valence-corrected chi connectivity index (χ0v) is 22.1. The highest BCUT2D eigenvalue weighted by atomic mass is 28.4. The van der Waals surface area contributed by atoms with Gasteiger partial charge < -0.3 is 13.7 Å². The lowest BCUT2D eigenvalue weighted by molar-refractivity contribution is 0.00578. The summed E-state index contributed by atoms with van der Waals surface area (Å²) in [7, 11) is -2.10. The summed E-state index contributed by atoms with van der Waals surface area (Å²) in [5, 5.41) is 0.226. The summed E-state index contributed by atoms with van der Waals surface area (Å²) in [6.07, 6.45) is 9.31. The molecule has 1 heterocycles. The minimum absolute atomic E-state index is 0.226. The van der Waals surface area contributed by atoms with E-state index in [2.05, 4.69) is 81.5 Å². The summed E-state index contributed by atoms with van der Waals surface area (Å²) < 4.78 is 19.6. The quantitative estimate of drug-likeness (QED) is 0.425. The van der Waals surface area contributed by atoms with E-state index in [1.807, 2.05) is 0 Å². The van der Waals surface area contributed by atoms with Gasteiger partial charge in [0.2, 0.25) is 0 Å². The van der Waals surface area contributed by atoms with Crippen molar-refractivity contribution in [1.82, 2.24) is 0 Å². The highest BCUT2D eigenvalue weighted by Crippen LogP contribution is 2.42. The Balaban J connectivity index is 2.22. The molecule has 0 bridgehead atoms. The predicted octanol–water partition coefficient (Wildman–Crippen LogP) is 7.17. The molecule has 0 aromatic rings. The minimum Gasteiger partial charge on any atom is -0.413 e. The zero-order valence-electron chi connectivity index (χ0n) is 21.1. The molecule has 1 aliphatic heterocycles. The fourth-order valence-electron chi connectivity index (χ4n) is 4.23. The van der Waals surface area contributed by atoms with Gasteiger partial charge in [-0.25, -0.2) is 0 Å². The van der Waals surface area contributed by atoms with Crippen LogP contribution < -0.4 is 0 Å². The van der Waals surface area contributed by atoms with E-state index in [0.29, 0.717) is 11.8 Å². The lowest BCUT2D eigenvalue weighted by atomic mass is 9.75. The van der Waals surface area contributed by atoms with Gasteiger partial charge in [-0.05, 0) is 82.9 Å². The first-order chi connectivity index (χ1) is 13.1. The Morgan fingerprint density at radius 3 is 1.97 bits per heavy atom. The molecule has 2 atom stereocenters. The Bertz CT molecular complexity index is 569. The van der Waals surface area contributed by atoms with Crippen molar-refractivity contribution in [2.24, 2.45) is 11.8 Å². The molecule has 2 fully saturated rings. The van der Waals surface area contributed by atoms with Crippen LogP contribution in [0.15, 0.2) is 11.5 Å². The molecule has 1 saturated carbocycles. The van der Waals surface area contributed by atoms with Gasteiger partial charge in [-0.3, -0.25) is 0 Å². The summed E-state index contributed by atoms with van der Waals surface area (Å²) in [6.45, 7) is 24.8. The summed E-state index contributed by atoms with van der Waals surface area (Å²) in [5.41, 5.74) is 0.586. The summed E-state index contributed by atoms with van der Waals surface area (Å²) in [6, 6.07) is 0. The van der Waals surface area contributed by atoms with Crippen LogP contribution in [0.2, 0.25) is 18.1 Å². The van der Waals surface area contributed by atoms with E-state index in [-0.39, 0.29) is 29.5 Å².